The van der Waals surface area contributed by atoms with Crippen LogP contribution in [0.5, 0.6) is 0 Å². The van der Waals surface area contributed by atoms with Crippen LogP contribution in [0.4, 0.5) is 0 Å². The number of nitriles is 1. The molecule has 0 aliphatic heterocycles. The summed E-state index contributed by atoms with van der Waals surface area (Å²) in [4.78, 5) is 10.7. The molecule has 2 atom stereocenters. The van der Waals surface area contributed by atoms with Crippen molar-refractivity contribution in [1.82, 2.24) is 0 Å². The predicted molar refractivity (Wildman–Crippen MR) is 237 cm³/mol. The first kappa shape index (κ1) is 46.3. The van der Waals surface area contributed by atoms with E-state index in [0.717, 1.165) is 12.3 Å². The minimum absolute atomic E-state index is 0. The van der Waals surface area contributed by atoms with Gasteiger partial charge in [0, 0.05) is 29.5 Å². The molecule has 0 amide bonds. The largest absolute Gasteiger partial charge is 0.305 e. The number of benzene rings is 6. The summed E-state index contributed by atoms with van der Waals surface area (Å²) in [6, 6.07) is 66.2. The molecule has 0 saturated carbocycles. The first-order valence-corrected chi connectivity index (χ1v) is 21.5. The Bertz CT molecular complexity index is 1740. The summed E-state index contributed by atoms with van der Waals surface area (Å²) >= 11 is 0. The van der Waals surface area contributed by atoms with E-state index in [1.807, 2.05) is 0 Å². The van der Waals surface area contributed by atoms with Gasteiger partial charge in [-0.15, -0.1) is 6.07 Å². The fourth-order valence-corrected chi connectivity index (χ4v) is 10.4. The maximum Gasteiger partial charge on any atom is 0 e. The van der Waals surface area contributed by atoms with E-state index in [9.17, 15) is 0 Å². The van der Waals surface area contributed by atoms with Crippen LogP contribution in [0, 0.1) is 24.9 Å². The van der Waals surface area contributed by atoms with E-state index in [0.29, 0.717) is 0 Å². The summed E-state index contributed by atoms with van der Waals surface area (Å²) in [5.41, 5.74) is 2.35. The molecule has 6 aromatic carbocycles. The molecule has 280 valence electrons. The van der Waals surface area contributed by atoms with Crippen molar-refractivity contribution in [2.24, 2.45) is 9.98 Å². The van der Waals surface area contributed by atoms with Gasteiger partial charge in [-0.2, -0.15) is 0 Å². The van der Waals surface area contributed by atoms with Crippen LogP contribution in [0.1, 0.15) is 43.5 Å². The van der Waals surface area contributed by atoms with Crippen molar-refractivity contribution in [2.75, 3.05) is 12.3 Å². The Morgan fingerprint density at radius 1 is 0.527 bits per heavy atom. The van der Waals surface area contributed by atoms with Crippen LogP contribution in [0.15, 0.2) is 192 Å². The van der Waals surface area contributed by atoms with Gasteiger partial charge in [-0.1, -0.05) is 154 Å². The molecule has 6 aromatic rings. The van der Waals surface area contributed by atoms with E-state index in [1.165, 1.54) is 44.8 Å². The second-order valence-corrected chi connectivity index (χ2v) is 17.1. The van der Waals surface area contributed by atoms with Gasteiger partial charge in [-0.05, 0) is 59.7 Å². The van der Waals surface area contributed by atoms with Crippen molar-refractivity contribution in [2.45, 2.75) is 32.4 Å². The quantitative estimate of drug-likeness (QED) is 0.0377. The van der Waals surface area contributed by atoms with Gasteiger partial charge in [0.25, 0.3) is 0 Å². The Morgan fingerprint density at radius 3 is 0.945 bits per heavy atom. The Hall–Kier alpha value is -4.86. The molecule has 7 heteroatoms. The SMILES string of the molecule is C(C[PH+](c1ccccc1)c1ccccc1)=NC(c1ccccc1)C(N=CC[PH+](c1ccccc1)c1ccccc1)c1ccccc1.CCC.[C-]#[O+].[CH2-]C#N.[Fe]. The standard InChI is InChI=1S/C42H38N2P2.C3H8.C2H2N.CO.Fe/c1-7-19-35(20-8-1)41(43-31-33-45(37-23-11-3-12-24-37)38-25-13-4-14-26-38)42(36-21-9-2-10-22-36)44-32-34-46(39-27-15-5-16-28-39)40-29-17-6-18-30-40;1-3-2;1-2-3;1-2;/h1-32,41-42H,33-34H2;3H2,1-2H3;1H2;;/q;;-1;;/p+2. The fraction of sp³-hybridized carbons (Fsp3) is 0.146. The second-order valence-electron chi connectivity index (χ2n) is 12.1. The molecule has 55 heavy (non-hydrogen) atoms. The van der Waals surface area contributed by atoms with E-state index in [-0.39, 0.29) is 29.2 Å². The molecular formula is C48H50FeN3OP2+. The van der Waals surface area contributed by atoms with Crippen LogP contribution in [-0.4, -0.2) is 24.8 Å². The minimum atomic E-state index is -1.04. The molecule has 0 aromatic heterocycles. The summed E-state index contributed by atoms with van der Waals surface area (Å²) in [6.07, 6.45) is 7.42. The van der Waals surface area contributed by atoms with Crippen LogP contribution in [0.25, 0.3) is 0 Å². The molecule has 0 N–H and O–H groups in total. The zero-order valence-corrected chi connectivity index (χ0v) is 34.7. The van der Waals surface area contributed by atoms with Crippen molar-refractivity contribution in [1.29, 1.82) is 5.26 Å². The topological polar surface area (TPSA) is 68.4 Å². The van der Waals surface area contributed by atoms with Crippen LogP contribution < -0.4 is 21.2 Å². The van der Waals surface area contributed by atoms with E-state index in [1.54, 1.807) is 0 Å². The first-order chi connectivity index (χ1) is 26.7. The predicted octanol–water partition coefficient (Wildman–Crippen LogP) is 10.1. The summed E-state index contributed by atoms with van der Waals surface area (Å²) in [5, 5.41) is 12.8. The average molecular weight is 803 g/mol. The fourth-order valence-electron chi connectivity index (χ4n) is 5.88. The number of hydrogen-bond donors (Lipinski definition) is 0. The van der Waals surface area contributed by atoms with Crippen molar-refractivity contribution >= 4 is 49.5 Å². The van der Waals surface area contributed by atoms with Gasteiger partial charge in [0.05, 0.1) is 37.1 Å². The molecule has 0 spiro atoms. The molecule has 0 fully saturated rings. The van der Waals surface area contributed by atoms with Crippen molar-refractivity contribution in [3.8, 4) is 6.07 Å². The zero-order valence-electron chi connectivity index (χ0n) is 31.6. The molecular weight excluding hydrogens is 752 g/mol. The molecule has 2 unspecified atom stereocenters. The minimum Gasteiger partial charge on any atom is -0.305 e. The number of rotatable bonds is 13. The number of aliphatic imine (C=N–C) groups is 2. The van der Waals surface area contributed by atoms with E-state index >= 15 is 0 Å². The third kappa shape index (κ3) is 15.8. The van der Waals surface area contributed by atoms with Crippen molar-refractivity contribution < 1.29 is 21.7 Å². The number of hydrogen-bond acceptors (Lipinski definition) is 3. The molecule has 6 rings (SSSR count). The molecule has 0 heterocycles. The molecule has 0 saturated heterocycles. The summed E-state index contributed by atoms with van der Waals surface area (Å²) in [7, 11) is -2.08. The number of nitrogens with zero attached hydrogens (tertiary/aromatic N) is 3. The Morgan fingerprint density at radius 2 is 0.727 bits per heavy atom. The van der Waals surface area contributed by atoms with Gasteiger partial charge in [-0.25, -0.2) is 5.26 Å². The Kier molecular flexibility index (Phi) is 24.0. The third-order valence-corrected chi connectivity index (χ3v) is 13.5. The Balaban J connectivity index is 0.00000108. The smallest absolute Gasteiger partial charge is 0 e. The summed E-state index contributed by atoms with van der Waals surface area (Å²) < 4.78 is 7.50. The third-order valence-electron chi connectivity index (χ3n) is 8.19. The van der Waals surface area contributed by atoms with E-state index < -0.39 is 15.8 Å². The van der Waals surface area contributed by atoms with Gasteiger partial charge < -0.3 is 6.92 Å². The van der Waals surface area contributed by atoms with Gasteiger partial charge in [0.15, 0.2) is 0 Å². The van der Waals surface area contributed by atoms with Gasteiger partial charge in [0.1, 0.15) is 24.4 Å². The monoisotopic (exact) mass is 802 g/mol. The maximum atomic E-state index is 7.50. The second kappa shape index (κ2) is 28.6. The van der Waals surface area contributed by atoms with Gasteiger partial charge >= 0.3 is 11.3 Å². The van der Waals surface area contributed by atoms with Crippen LogP contribution in [-0.2, 0) is 21.7 Å². The van der Waals surface area contributed by atoms with E-state index in [4.69, 9.17) is 19.9 Å². The molecule has 0 radical (unpaired) electrons. The Labute approximate surface area is 342 Å². The molecule has 0 aliphatic rings. The van der Waals surface area contributed by atoms with Crippen molar-refractivity contribution in [3.63, 3.8) is 0 Å². The summed E-state index contributed by atoms with van der Waals surface area (Å²) in [6.45, 7) is 11.5. The first-order valence-electron chi connectivity index (χ1n) is 18.1. The average Bonchev–Trinajstić information content (AvgIpc) is 3.25. The van der Waals surface area contributed by atoms with Crippen LogP contribution >= 0.6 is 15.8 Å². The van der Waals surface area contributed by atoms with E-state index in [2.05, 4.69) is 222 Å². The van der Waals surface area contributed by atoms with Crippen molar-refractivity contribution in [3.05, 3.63) is 207 Å². The van der Waals surface area contributed by atoms with Gasteiger partial charge in [0.2, 0.25) is 0 Å². The molecule has 0 aliphatic carbocycles. The summed E-state index contributed by atoms with van der Waals surface area (Å²) in [5.74, 6) is 0. The molecule has 0 bridgehead atoms. The zero-order chi connectivity index (χ0) is 38.6. The maximum absolute atomic E-state index is 7.50. The van der Waals surface area contributed by atoms with Gasteiger partial charge in [-0.3, -0.25) is 9.98 Å². The molecule has 4 nitrogen and oxygen atoms in total. The van der Waals surface area contributed by atoms with Crippen LogP contribution in [0.3, 0.4) is 0 Å². The van der Waals surface area contributed by atoms with Crippen LogP contribution in [0.2, 0.25) is 0 Å². The normalized spacial score (nSPS) is 11.4.